The number of nitrogens with one attached hydrogen (secondary N) is 1. The molecule has 0 unspecified atom stereocenters. The average molecular weight is 385 g/mol. The zero-order valence-electron chi connectivity index (χ0n) is 15.0. The van der Waals surface area contributed by atoms with Crippen LogP contribution >= 0.6 is 11.6 Å². The molecule has 0 radical (unpaired) electrons. The summed E-state index contributed by atoms with van der Waals surface area (Å²) in [5.41, 5.74) is 2.47. The molecular formula is C21H19ClNO4-. The number of carbonyl (C=O) groups is 1. The van der Waals surface area contributed by atoms with E-state index >= 15 is 0 Å². The molecule has 0 aromatic heterocycles. The molecule has 0 bridgehead atoms. The average Bonchev–Trinajstić information content (AvgIpc) is 3.17. The molecule has 6 heteroatoms. The molecule has 4 rings (SSSR count). The Bertz CT molecular complexity index is 940. The first kappa shape index (κ1) is 17.7. The van der Waals surface area contributed by atoms with Gasteiger partial charge in [-0.3, -0.25) is 0 Å². The van der Waals surface area contributed by atoms with Crippen molar-refractivity contribution in [1.82, 2.24) is 0 Å². The molecule has 1 N–H and O–H groups in total. The predicted molar refractivity (Wildman–Crippen MR) is 102 cm³/mol. The van der Waals surface area contributed by atoms with Crippen molar-refractivity contribution in [3.8, 4) is 11.5 Å². The summed E-state index contributed by atoms with van der Waals surface area (Å²) >= 11 is 6.44. The van der Waals surface area contributed by atoms with E-state index in [-0.39, 0.29) is 23.4 Å². The molecular weight excluding hydrogens is 366 g/mol. The lowest BCUT2D eigenvalue weighted by molar-refractivity contribution is -0.255. The van der Waals surface area contributed by atoms with Crippen LogP contribution in [0, 0.1) is 5.92 Å². The van der Waals surface area contributed by atoms with Crippen LogP contribution < -0.4 is 19.9 Å². The van der Waals surface area contributed by atoms with Gasteiger partial charge in [0.2, 0.25) is 0 Å². The van der Waals surface area contributed by atoms with Crippen LogP contribution in [-0.2, 0) is 0 Å². The molecule has 2 aliphatic rings. The van der Waals surface area contributed by atoms with Crippen LogP contribution in [0.1, 0.15) is 39.9 Å². The standard InChI is InChI=1S/C21H20ClNO4/c1-26-11-6-9-17(27-2)15(10-11)19-13-5-3-4-12(13)18-14(21(24)25)7-8-16(22)20(18)23-19/h3-4,6-10,12-13,19,23H,5H2,1-2H3,(H,24,25)/p-1/t12-,13-,19+/m0/s1. The maximum atomic E-state index is 11.7. The Morgan fingerprint density at radius 3 is 2.74 bits per heavy atom. The van der Waals surface area contributed by atoms with E-state index < -0.39 is 5.97 Å². The molecule has 0 fully saturated rings. The number of carboxylic acids is 1. The first-order valence-electron chi connectivity index (χ1n) is 8.74. The summed E-state index contributed by atoms with van der Waals surface area (Å²) in [6, 6.07) is 8.70. The van der Waals surface area contributed by atoms with Gasteiger partial charge in [-0.05, 0) is 42.2 Å². The Morgan fingerprint density at radius 1 is 1.22 bits per heavy atom. The first-order valence-corrected chi connectivity index (χ1v) is 9.11. The third-order valence-corrected chi connectivity index (χ3v) is 5.78. The Morgan fingerprint density at radius 2 is 2.04 bits per heavy atom. The van der Waals surface area contributed by atoms with Crippen molar-refractivity contribution in [3.63, 3.8) is 0 Å². The molecule has 1 aliphatic heterocycles. The number of methoxy groups -OCH3 is 2. The van der Waals surface area contributed by atoms with Crippen molar-refractivity contribution in [2.75, 3.05) is 19.5 Å². The van der Waals surface area contributed by atoms with Crippen LogP contribution in [0.5, 0.6) is 11.5 Å². The Hall–Kier alpha value is -2.66. The van der Waals surface area contributed by atoms with Crippen LogP contribution in [-0.4, -0.2) is 20.2 Å². The number of anilines is 1. The number of hydrogen-bond donors (Lipinski definition) is 1. The highest BCUT2D eigenvalue weighted by molar-refractivity contribution is 6.33. The van der Waals surface area contributed by atoms with E-state index in [4.69, 9.17) is 21.1 Å². The summed E-state index contributed by atoms with van der Waals surface area (Å²) in [7, 11) is 3.26. The summed E-state index contributed by atoms with van der Waals surface area (Å²) in [5.74, 6) is 0.357. The molecule has 2 aromatic carbocycles. The van der Waals surface area contributed by atoms with Gasteiger partial charge in [-0.25, -0.2) is 0 Å². The number of aromatic carboxylic acids is 1. The highest BCUT2D eigenvalue weighted by Crippen LogP contribution is 2.54. The lowest BCUT2D eigenvalue weighted by Gasteiger charge is -2.39. The van der Waals surface area contributed by atoms with Gasteiger partial charge in [-0.2, -0.15) is 0 Å². The Balaban J connectivity index is 1.89. The maximum absolute atomic E-state index is 11.7. The first-order chi connectivity index (χ1) is 13.0. The van der Waals surface area contributed by atoms with Crippen LogP contribution in [0.15, 0.2) is 42.5 Å². The third kappa shape index (κ3) is 2.82. The molecule has 5 nitrogen and oxygen atoms in total. The molecule has 3 atom stereocenters. The normalized spacial score (nSPS) is 22.6. The fraction of sp³-hybridized carbons (Fsp3) is 0.286. The van der Waals surface area contributed by atoms with Gasteiger partial charge in [-0.15, -0.1) is 0 Å². The van der Waals surface area contributed by atoms with Crippen molar-refractivity contribution < 1.29 is 19.4 Å². The van der Waals surface area contributed by atoms with Gasteiger partial charge in [0.1, 0.15) is 11.5 Å². The molecule has 0 spiro atoms. The lowest BCUT2D eigenvalue weighted by atomic mass is 9.75. The van der Waals surface area contributed by atoms with E-state index in [2.05, 4.69) is 17.5 Å². The second kappa shape index (κ2) is 6.82. The molecule has 1 aliphatic carbocycles. The van der Waals surface area contributed by atoms with E-state index in [1.54, 1.807) is 20.3 Å². The fourth-order valence-corrected chi connectivity index (χ4v) is 4.46. The minimum absolute atomic E-state index is 0.0613. The SMILES string of the molecule is COc1ccc(OC)c([C@@H]2Nc3c(Cl)ccc(C(=O)[O-])c3[C@H]3C=CC[C@@H]32)c1. The van der Waals surface area contributed by atoms with Gasteiger partial charge in [0.05, 0.1) is 36.9 Å². The number of carboxylic acid groups (broad SMARTS) is 1. The lowest BCUT2D eigenvalue weighted by Crippen LogP contribution is -2.33. The predicted octanol–water partition coefficient (Wildman–Crippen LogP) is 3.55. The van der Waals surface area contributed by atoms with Crippen LogP contribution in [0.3, 0.4) is 0 Å². The number of halogens is 1. The number of rotatable bonds is 4. The smallest absolute Gasteiger partial charge is 0.124 e. The zero-order valence-corrected chi connectivity index (χ0v) is 15.7. The van der Waals surface area contributed by atoms with Gasteiger partial charge in [0.15, 0.2) is 0 Å². The molecule has 2 aromatic rings. The number of fused-ring (bicyclic) bond motifs is 3. The third-order valence-electron chi connectivity index (χ3n) is 5.46. The molecule has 0 saturated heterocycles. The molecule has 1 heterocycles. The molecule has 0 amide bonds. The quantitative estimate of drug-likeness (QED) is 0.816. The molecule has 0 saturated carbocycles. The molecule has 27 heavy (non-hydrogen) atoms. The van der Waals surface area contributed by atoms with Gasteiger partial charge in [-0.1, -0.05) is 29.8 Å². The monoisotopic (exact) mass is 384 g/mol. The van der Waals surface area contributed by atoms with Crippen molar-refractivity contribution in [1.29, 1.82) is 0 Å². The van der Waals surface area contributed by atoms with Gasteiger partial charge in [0.25, 0.3) is 0 Å². The largest absolute Gasteiger partial charge is 0.545 e. The number of hydrogen-bond acceptors (Lipinski definition) is 5. The number of allylic oxidation sites excluding steroid dienone is 2. The highest BCUT2D eigenvalue weighted by atomic mass is 35.5. The van der Waals surface area contributed by atoms with E-state index in [0.29, 0.717) is 16.3 Å². The van der Waals surface area contributed by atoms with Gasteiger partial charge >= 0.3 is 0 Å². The van der Waals surface area contributed by atoms with E-state index in [0.717, 1.165) is 23.5 Å². The maximum Gasteiger partial charge on any atom is 0.124 e. The van der Waals surface area contributed by atoms with E-state index in [1.807, 2.05) is 18.2 Å². The summed E-state index contributed by atoms with van der Waals surface area (Å²) in [4.78, 5) is 11.7. The van der Waals surface area contributed by atoms with Crippen molar-refractivity contribution in [2.24, 2.45) is 5.92 Å². The van der Waals surface area contributed by atoms with E-state index in [9.17, 15) is 9.90 Å². The van der Waals surface area contributed by atoms with Gasteiger partial charge < -0.3 is 24.7 Å². The summed E-state index contributed by atoms with van der Waals surface area (Å²) in [5, 5.41) is 15.6. The topological polar surface area (TPSA) is 70.6 Å². The van der Waals surface area contributed by atoms with Crippen molar-refractivity contribution >= 4 is 23.3 Å². The fourth-order valence-electron chi connectivity index (χ4n) is 4.24. The summed E-state index contributed by atoms with van der Waals surface area (Å²) in [6.45, 7) is 0. The van der Waals surface area contributed by atoms with Crippen molar-refractivity contribution in [2.45, 2.75) is 18.4 Å². The zero-order chi connectivity index (χ0) is 19.1. The second-order valence-electron chi connectivity index (χ2n) is 6.75. The Kier molecular flexibility index (Phi) is 4.48. The second-order valence-corrected chi connectivity index (χ2v) is 7.16. The van der Waals surface area contributed by atoms with Crippen LogP contribution in [0.4, 0.5) is 5.69 Å². The van der Waals surface area contributed by atoms with E-state index in [1.165, 1.54) is 6.07 Å². The summed E-state index contributed by atoms with van der Waals surface area (Å²) < 4.78 is 11.0. The number of ether oxygens (including phenoxy) is 2. The number of carbonyl (C=O) groups excluding carboxylic acids is 1. The van der Waals surface area contributed by atoms with Crippen LogP contribution in [0.25, 0.3) is 0 Å². The Labute approximate surface area is 162 Å². The number of benzene rings is 2. The van der Waals surface area contributed by atoms with Crippen LogP contribution in [0.2, 0.25) is 5.02 Å². The molecule has 140 valence electrons. The highest BCUT2D eigenvalue weighted by Gasteiger charge is 2.41. The van der Waals surface area contributed by atoms with Gasteiger partial charge in [0, 0.05) is 17.0 Å². The summed E-state index contributed by atoms with van der Waals surface area (Å²) in [6.07, 6.45) is 4.97. The van der Waals surface area contributed by atoms with Crippen molar-refractivity contribution in [3.05, 3.63) is 64.2 Å². The minimum atomic E-state index is -1.19. The minimum Gasteiger partial charge on any atom is -0.545 e.